The van der Waals surface area contributed by atoms with E-state index < -0.39 is 0 Å². The summed E-state index contributed by atoms with van der Waals surface area (Å²) in [5.74, 6) is 0.877. The molecule has 1 aliphatic heterocycles. The fraction of sp³-hybridized carbons (Fsp3) is 1.00. The molecule has 18 heavy (non-hydrogen) atoms. The van der Waals surface area contributed by atoms with Crippen molar-refractivity contribution in [1.29, 1.82) is 0 Å². The molecule has 1 rings (SSSR count). The lowest BCUT2D eigenvalue weighted by atomic mass is 9.70. The van der Waals surface area contributed by atoms with Crippen LogP contribution in [0.2, 0.25) is 0 Å². The van der Waals surface area contributed by atoms with Crippen molar-refractivity contribution >= 4 is 0 Å². The van der Waals surface area contributed by atoms with E-state index in [-0.39, 0.29) is 0 Å². The first-order chi connectivity index (χ1) is 8.07. The number of hydrogen-bond acceptors (Lipinski definition) is 1. The summed E-state index contributed by atoms with van der Waals surface area (Å²) in [5, 5.41) is 0. The Morgan fingerprint density at radius 2 is 1.56 bits per heavy atom. The Bertz CT molecular complexity index is 256. The predicted octanol–water partition coefficient (Wildman–Crippen LogP) is 5.10. The maximum atomic E-state index is 2.79. The van der Waals surface area contributed by atoms with Gasteiger partial charge in [-0.25, -0.2) is 0 Å². The van der Waals surface area contributed by atoms with E-state index >= 15 is 0 Å². The Balaban J connectivity index is 2.90. The molecule has 0 amide bonds. The summed E-state index contributed by atoms with van der Waals surface area (Å²) in [4.78, 5) is 2.79. The smallest absolute Gasteiger partial charge is 0.0130 e. The van der Waals surface area contributed by atoms with Crippen molar-refractivity contribution in [3.63, 3.8) is 0 Å². The van der Waals surface area contributed by atoms with Crippen LogP contribution in [0.4, 0.5) is 0 Å². The molecule has 1 saturated heterocycles. The second-order valence-corrected chi connectivity index (χ2v) is 8.40. The molecule has 0 spiro atoms. The molecule has 1 nitrogen and oxygen atoms in total. The molecule has 1 fully saturated rings. The van der Waals surface area contributed by atoms with Crippen LogP contribution in [-0.2, 0) is 0 Å². The highest BCUT2D eigenvalue weighted by Crippen LogP contribution is 2.42. The van der Waals surface area contributed by atoms with Crippen LogP contribution >= 0.6 is 0 Å². The van der Waals surface area contributed by atoms with Gasteiger partial charge in [0.05, 0.1) is 0 Å². The van der Waals surface area contributed by atoms with Crippen molar-refractivity contribution in [3.05, 3.63) is 0 Å². The highest BCUT2D eigenvalue weighted by Gasteiger charge is 2.41. The van der Waals surface area contributed by atoms with E-state index in [0.29, 0.717) is 11.0 Å². The molecule has 0 radical (unpaired) electrons. The van der Waals surface area contributed by atoms with Crippen LogP contribution < -0.4 is 0 Å². The van der Waals surface area contributed by atoms with Gasteiger partial charge in [-0.3, -0.25) is 4.90 Å². The molecule has 0 aromatic rings. The van der Waals surface area contributed by atoms with Gasteiger partial charge in [0.15, 0.2) is 0 Å². The Labute approximate surface area is 115 Å². The van der Waals surface area contributed by atoms with Crippen molar-refractivity contribution in [1.82, 2.24) is 4.90 Å². The van der Waals surface area contributed by atoms with Crippen LogP contribution in [0.25, 0.3) is 0 Å². The average Bonchev–Trinajstić information content (AvgIpc) is 2.13. The van der Waals surface area contributed by atoms with E-state index in [1.165, 1.54) is 25.7 Å². The Kier molecular flexibility index (Phi) is 4.92. The predicted molar refractivity (Wildman–Crippen MR) is 81.9 cm³/mol. The SMILES string of the molecule is CCCC1CC(C(C)(C)C)CC(C)N1C(C)(C)C. The molecule has 0 N–H and O–H groups in total. The lowest BCUT2D eigenvalue weighted by molar-refractivity contribution is -0.0381. The van der Waals surface area contributed by atoms with Gasteiger partial charge in [0.2, 0.25) is 0 Å². The minimum Gasteiger partial charge on any atom is -0.293 e. The summed E-state index contributed by atoms with van der Waals surface area (Å²) in [6.45, 7) is 19.1. The molecule has 0 aliphatic carbocycles. The molecule has 1 heterocycles. The maximum Gasteiger partial charge on any atom is 0.0130 e. The first-order valence-corrected chi connectivity index (χ1v) is 7.85. The topological polar surface area (TPSA) is 3.24 Å². The third kappa shape index (κ3) is 3.73. The van der Waals surface area contributed by atoms with E-state index in [1.807, 2.05) is 0 Å². The number of piperidine rings is 1. The van der Waals surface area contributed by atoms with Crippen molar-refractivity contribution in [3.8, 4) is 0 Å². The first-order valence-electron chi connectivity index (χ1n) is 7.85. The summed E-state index contributed by atoms with van der Waals surface area (Å²) >= 11 is 0. The Morgan fingerprint density at radius 1 is 1.00 bits per heavy atom. The van der Waals surface area contributed by atoms with Crippen molar-refractivity contribution in [2.24, 2.45) is 11.3 Å². The number of likely N-dealkylation sites (tertiary alicyclic amines) is 1. The summed E-state index contributed by atoms with van der Waals surface area (Å²) in [6.07, 6.45) is 5.41. The molecule has 1 heteroatoms. The van der Waals surface area contributed by atoms with Gasteiger partial charge in [0.1, 0.15) is 0 Å². The summed E-state index contributed by atoms with van der Waals surface area (Å²) in [7, 11) is 0. The molecular formula is C17H35N. The minimum atomic E-state index is 0.308. The molecule has 108 valence electrons. The van der Waals surface area contributed by atoms with Crippen molar-refractivity contribution in [2.45, 2.75) is 98.7 Å². The summed E-state index contributed by atoms with van der Waals surface area (Å²) in [6, 6.07) is 1.50. The molecule has 0 aromatic carbocycles. The lowest BCUT2D eigenvalue weighted by Crippen LogP contribution is -2.57. The zero-order valence-corrected chi connectivity index (χ0v) is 14.0. The molecule has 0 bridgehead atoms. The summed E-state index contributed by atoms with van der Waals surface area (Å²) in [5.41, 5.74) is 0.770. The van der Waals surface area contributed by atoms with E-state index in [1.54, 1.807) is 0 Å². The van der Waals surface area contributed by atoms with Gasteiger partial charge in [-0.1, -0.05) is 34.1 Å². The van der Waals surface area contributed by atoms with Gasteiger partial charge < -0.3 is 0 Å². The van der Waals surface area contributed by atoms with Crippen molar-refractivity contribution < 1.29 is 0 Å². The highest BCUT2D eigenvalue weighted by molar-refractivity contribution is 4.95. The van der Waals surface area contributed by atoms with Gasteiger partial charge in [-0.05, 0) is 58.3 Å². The number of hydrogen-bond donors (Lipinski definition) is 0. The monoisotopic (exact) mass is 253 g/mol. The average molecular weight is 253 g/mol. The Hall–Kier alpha value is -0.0400. The molecule has 3 unspecified atom stereocenters. The quantitative estimate of drug-likeness (QED) is 0.662. The molecule has 0 aromatic heterocycles. The van der Waals surface area contributed by atoms with E-state index in [0.717, 1.165) is 18.0 Å². The number of rotatable bonds is 2. The fourth-order valence-corrected chi connectivity index (χ4v) is 3.93. The van der Waals surface area contributed by atoms with Gasteiger partial charge in [0, 0.05) is 17.6 Å². The number of nitrogens with zero attached hydrogens (tertiary/aromatic N) is 1. The second kappa shape index (κ2) is 5.53. The zero-order chi connectivity index (χ0) is 14.1. The third-order valence-corrected chi connectivity index (χ3v) is 4.67. The molecule has 1 aliphatic rings. The van der Waals surface area contributed by atoms with Crippen LogP contribution in [0.3, 0.4) is 0 Å². The normalized spacial score (nSPS) is 31.7. The van der Waals surface area contributed by atoms with Gasteiger partial charge in [0.25, 0.3) is 0 Å². The fourth-order valence-electron chi connectivity index (χ4n) is 3.93. The minimum absolute atomic E-state index is 0.308. The highest BCUT2D eigenvalue weighted by atomic mass is 15.2. The molecule has 3 atom stereocenters. The van der Waals surface area contributed by atoms with Gasteiger partial charge in [-0.2, -0.15) is 0 Å². The van der Waals surface area contributed by atoms with Crippen LogP contribution in [0.15, 0.2) is 0 Å². The third-order valence-electron chi connectivity index (χ3n) is 4.67. The lowest BCUT2D eigenvalue weighted by Gasteiger charge is -2.53. The van der Waals surface area contributed by atoms with E-state index in [2.05, 4.69) is 60.3 Å². The van der Waals surface area contributed by atoms with Crippen LogP contribution in [-0.4, -0.2) is 22.5 Å². The Morgan fingerprint density at radius 3 is 1.94 bits per heavy atom. The van der Waals surface area contributed by atoms with E-state index in [9.17, 15) is 0 Å². The van der Waals surface area contributed by atoms with Gasteiger partial charge in [-0.15, -0.1) is 0 Å². The van der Waals surface area contributed by atoms with Crippen LogP contribution in [0.5, 0.6) is 0 Å². The van der Waals surface area contributed by atoms with Gasteiger partial charge >= 0.3 is 0 Å². The largest absolute Gasteiger partial charge is 0.293 e. The molecule has 0 saturated carbocycles. The second-order valence-electron chi connectivity index (χ2n) is 8.40. The van der Waals surface area contributed by atoms with Crippen molar-refractivity contribution in [2.75, 3.05) is 0 Å². The summed E-state index contributed by atoms with van der Waals surface area (Å²) < 4.78 is 0. The zero-order valence-electron chi connectivity index (χ0n) is 14.0. The van der Waals surface area contributed by atoms with Crippen LogP contribution in [0, 0.1) is 11.3 Å². The first kappa shape index (κ1) is 16.0. The maximum absolute atomic E-state index is 2.79. The van der Waals surface area contributed by atoms with Crippen LogP contribution in [0.1, 0.15) is 81.1 Å². The van der Waals surface area contributed by atoms with E-state index in [4.69, 9.17) is 0 Å². The molecular weight excluding hydrogens is 218 g/mol. The standard InChI is InChI=1S/C17H35N/c1-9-10-15-12-14(16(3,4)5)11-13(2)18(15)17(6,7)8/h13-15H,9-12H2,1-8H3.